The third-order valence-corrected chi connectivity index (χ3v) is 5.65. The minimum Gasteiger partial charge on any atom is -0.340 e. The van der Waals surface area contributed by atoms with Crippen LogP contribution in [-0.4, -0.2) is 39.3 Å². The van der Waals surface area contributed by atoms with E-state index in [9.17, 15) is 14.4 Å². The highest BCUT2D eigenvalue weighted by Gasteiger charge is 2.26. The summed E-state index contributed by atoms with van der Waals surface area (Å²) in [5.41, 5.74) is 6.56. The Labute approximate surface area is 173 Å². The Kier molecular flexibility index (Phi) is 5.63. The second-order valence-electron chi connectivity index (χ2n) is 7.44. The number of aldehydes is 1. The van der Waals surface area contributed by atoms with Gasteiger partial charge >= 0.3 is 0 Å². The Balaban J connectivity index is 1.65. The largest absolute Gasteiger partial charge is 0.340 e. The van der Waals surface area contributed by atoms with Crippen LogP contribution < -0.4 is 5.48 Å². The second-order valence-corrected chi connectivity index (χ2v) is 7.44. The molecule has 0 spiro atoms. The molecule has 3 aromatic rings. The third-order valence-electron chi connectivity index (χ3n) is 5.65. The van der Waals surface area contributed by atoms with Crippen molar-refractivity contribution in [3.63, 3.8) is 0 Å². The summed E-state index contributed by atoms with van der Waals surface area (Å²) in [6.45, 7) is 1.84. The summed E-state index contributed by atoms with van der Waals surface area (Å²) in [6, 6.07) is 15.3. The lowest BCUT2D eigenvalue weighted by Gasteiger charge is -2.28. The van der Waals surface area contributed by atoms with E-state index in [1.807, 2.05) is 29.2 Å². The molecule has 2 aromatic carbocycles. The van der Waals surface area contributed by atoms with Gasteiger partial charge in [0.2, 0.25) is 5.91 Å². The van der Waals surface area contributed by atoms with Crippen LogP contribution in [0.5, 0.6) is 0 Å². The molecule has 0 bridgehead atoms. The molecule has 4 rings (SSSR count). The minimum absolute atomic E-state index is 0.0160. The molecule has 0 aliphatic carbocycles. The molecule has 0 radical (unpaired) electrons. The van der Waals surface area contributed by atoms with E-state index < -0.39 is 5.91 Å². The maximum atomic E-state index is 12.4. The van der Waals surface area contributed by atoms with E-state index in [4.69, 9.17) is 5.21 Å². The van der Waals surface area contributed by atoms with Gasteiger partial charge in [0.1, 0.15) is 6.29 Å². The number of para-hydroxylation sites is 1. The molecular formula is C23H23N3O4. The third kappa shape index (κ3) is 3.71. The monoisotopic (exact) mass is 405 g/mol. The lowest BCUT2D eigenvalue weighted by molar-refractivity contribution is -0.133. The van der Waals surface area contributed by atoms with E-state index in [-0.39, 0.29) is 18.7 Å². The Morgan fingerprint density at radius 3 is 2.60 bits per heavy atom. The molecule has 0 fully saturated rings. The van der Waals surface area contributed by atoms with Gasteiger partial charge in [-0.15, -0.1) is 0 Å². The summed E-state index contributed by atoms with van der Waals surface area (Å²) in [5, 5.41) is 9.91. The van der Waals surface area contributed by atoms with Crippen LogP contribution in [-0.2, 0) is 29.1 Å². The maximum Gasteiger partial charge on any atom is 0.274 e. The highest BCUT2D eigenvalue weighted by atomic mass is 16.5. The van der Waals surface area contributed by atoms with Gasteiger partial charge in [-0.25, -0.2) is 5.48 Å². The van der Waals surface area contributed by atoms with Crippen LogP contribution >= 0.6 is 0 Å². The number of rotatable bonds is 6. The molecule has 30 heavy (non-hydrogen) atoms. The lowest BCUT2D eigenvalue weighted by Crippen LogP contribution is -2.36. The van der Waals surface area contributed by atoms with Crippen LogP contribution in [0.2, 0.25) is 0 Å². The molecule has 7 nitrogen and oxygen atoms in total. The van der Waals surface area contributed by atoms with Gasteiger partial charge in [-0.3, -0.25) is 14.8 Å². The molecule has 2 heterocycles. The Bertz CT molecular complexity index is 1100. The van der Waals surface area contributed by atoms with Crippen LogP contribution in [0.1, 0.15) is 40.0 Å². The van der Waals surface area contributed by atoms with Gasteiger partial charge in [-0.2, -0.15) is 0 Å². The number of benzene rings is 2. The van der Waals surface area contributed by atoms with Crippen LogP contribution in [0.25, 0.3) is 10.9 Å². The lowest BCUT2D eigenvalue weighted by atomic mass is 10.0. The zero-order valence-corrected chi connectivity index (χ0v) is 16.5. The number of nitrogens with zero attached hydrogens (tertiary/aromatic N) is 2. The second kappa shape index (κ2) is 8.51. The zero-order valence-electron chi connectivity index (χ0n) is 16.5. The first-order valence-corrected chi connectivity index (χ1v) is 9.96. The van der Waals surface area contributed by atoms with E-state index in [1.165, 1.54) is 5.69 Å². The van der Waals surface area contributed by atoms with Crippen molar-refractivity contribution < 1.29 is 19.6 Å². The van der Waals surface area contributed by atoms with Crippen molar-refractivity contribution in [3.05, 3.63) is 70.9 Å². The molecule has 154 valence electrons. The Hall–Kier alpha value is -3.45. The number of aromatic nitrogens is 1. The smallest absolute Gasteiger partial charge is 0.274 e. The van der Waals surface area contributed by atoms with Crippen LogP contribution in [0, 0.1) is 0 Å². The number of amides is 2. The van der Waals surface area contributed by atoms with Gasteiger partial charge in [0, 0.05) is 66.6 Å². The maximum absolute atomic E-state index is 12.4. The highest BCUT2D eigenvalue weighted by molar-refractivity contribution is 5.93. The average Bonchev–Trinajstić information content (AvgIpc) is 3.10. The quantitative estimate of drug-likeness (QED) is 0.375. The molecule has 2 amide bonds. The molecule has 0 saturated heterocycles. The number of hydrogen-bond acceptors (Lipinski definition) is 4. The van der Waals surface area contributed by atoms with Crippen molar-refractivity contribution in [1.29, 1.82) is 0 Å². The molecule has 0 unspecified atom stereocenters. The minimum atomic E-state index is -0.537. The van der Waals surface area contributed by atoms with E-state index in [0.29, 0.717) is 25.2 Å². The van der Waals surface area contributed by atoms with Crippen molar-refractivity contribution in [2.75, 3.05) is 6.54 Å². The summed E-state index contributed by atoms with van der Waals surface area (Å²) in [5.74, 6) is -0.521. The van der Waals surface area contributed by atoms with Crippen LogP contribution in [0.4, 0.5) is 0 Å². The van der Waals surface area contributed by atoms with Crippen LogP contribution in [0.15, 0.2) is 48.5 Å². The molecule has 1 aliphatic rings. The molecule has 1 aliphatic heterocycles. The topological polar surface area (TPSA) is 91.6 Å². The molecule has 7 heteroatoms. The molecule has 2 N–H and O–H groups in total. The fourth-order valence-corrected chi connectivity index (χ4v) is 4.14. The summed E-state index contributed by atoms with van der Waals surface area (Å²) in [4.78, 5) is 36.4. The first kappa shape index (κ1) is 19.8. The fourth-order valence-electron chi connectivity index (χ4n) is 4.14. The first-order chi connectivity index (χ1) is 14.6. The Morgan fingerprint density at radius 2 is 1.87 bits per heavy atom. The molecule has 0 saturated carbocycles. The van der Waals surface area contributed by atoms with E-state index in [2.05, 4.69) is 16.7 Å². The first-order valence-electron chi connectivity index (χ1n) is 9.96. The number of fused-ring (bicyclic) bond motifs is 3. The van der Waals surface area contributed by atoms with Gasteiger partial charge in [0.25, 0.3) is 5.91 Å². The predicted octanol–water partition coefficient (Wildman–Crippen LogP) is 2.67. The Morgan fingerprint density at radius 1 is 1.10 bits per heavy atom. The standard InChI is InChI=1S/C23H23N3O4/c27-13-3-6-22(28)25-12-11-21-19(15-25)18-4-1-2-5-20(18)26(21)14-16-7-9-17(10-8-16)23(29)24-30/h1-2,4-5,7-10,13,30H,3,6,11-12,14-15H2,(H,24,29). The van der Waals surface area contributed by atoms with Crippen LogP contribution in [0.3, 0.4) is 0 Å². The summed E-state index contributed by atoms with van der Waals surface area (Å²) < 4.78 is 2.28. The van der Waals surface area contributed by atoms with Crippen molar-refractivity contribution in [2.45, 2.75) is 32.4 Å². The van der Waals surface area contributed by atoms with E-state index in [1.54, 1.807) is 17.6 Å². The number of nitrogens with one attached hydrogen (secondary N) is 1. The van der Waals surface area contributed by atoms with E-state index in [0.717, 1.165) is 34.7 Å². The fraction of sp³-hybridized carbons (Fsp3) is 0.261. The summed E-state index contributed by atoms with van der Waals surface area (Å²) in [6.07, 6.45) is 2.05. The summed E-state index contributed by atoms with van der Waals surface area (Å²) in [7, 11) is 0. The van der Waals surface area contributed by atoms with Gasteiger partial charge in [-0.05, 0) is 23.8 Å². The number of carbonyl (C=O) groups is 3. The van der Waals surface area contributed by atoms with Gasteiger partial charge in [0.15, 0.2) is 0 Å². The zero-order chi connectivity index (χ0) is 21.1. The molecule has 1 aromatic heterocycles. The number of hydroxylamine groups is 1. The van der Waals surface area contributed by atoms with Crippen molar-refractivity contribution >= 4 is 29.0 Å². The summed E-state index contributed by atoms with van der Waals surface area (Å²) >= 11 is 0. The molecule has 0 atom stereocenters. The van der Waals surface area contributed by atoms with Gasteiger partial charge in [-0.1, -0.05) is 30.3 Å². The normalized spacial score (nSPS) is 13.2. The average molecular weight is 405 g/mol. The van der Waals surface area contributed by atoms with Gasteiger partial charge in [0.05, 0.1) is 0 Å². The number of carbonyl (C=O) groups excluding carboxylic acids is 3. The van der Waals surface area contributed by atoms with Crippen molar-refractivity contribution in [3.8, 4) is 0 Å². The number of hydrogen-bond donors (Lipinski definition) is 2. The highest BCUT2D eigenvalue weighted by Crippen LogP contribution is 2.32. The van der Waals surface area contributed by atoms with E-state index >= 15 is 0 Å². The van der Waals surface area contributed by atoms with Crippen molar-refractivity contribution in [2.24, 2.45) is 0 Å². The molecular weight excluding hydrogens is 382 g/mol. The van der Waals surface area contributed by atoms with Gasteiger partial charge < -0.3 is 14.3 Å². The van der Waals surface area contributed by atoms with Crippen molar-refractivity contribution in [1.82, 2.24) is 14.9 Å². The SMILES string of the molecule is O=CCCC(=O)N1CCc2c(c3ccccc3n2Cc2ccc(C(=O)NO)cc2)C1. The predicted molar refractivity (Wildman–Crippen MR) is 111 cm³/mol.